The second kappa shape index (κ2) is 13.9. The fraction of sp³-hybridized carbons (Fsp3) is 0.464. The maximum absolute atomic E-state index is 12.7. The van der Waals surface area contributed by atoms with Crippen LogP contribution in [0, 0.1) is 28.7 Å². The third-order valence-corrected chi connectivity index (χ3v) is 8.02. The second-order valence-corrected chi connectivity index (χ2v) is 10.9. The number of fused-ring (bicyclic) bond motifs is 1. The summed E-state index contributed by atoms with van der Waals surface area (Å²) in [4.78, 5) is 39.7. The molecule has 2 aromatic heterocycles. The van der Waals surface area contributed by atoms with E-state index in [2.05, 4.69) is 52.6 Å². The lowest BCUT2D eigenvalue weighted by Crippen LogP contribution is -2.48. The lowest BCUT2D eigenvalue weighted by molar-refractivity contribution is -0.110. The first-order valence-electron chi connectivity index (χ1n) is 14.3. The highest BCUT2D eigenvalue weighted by atomic mass is 16.1. The van der Waals surface area contributed by atoms with Gasteiger partial charge in [0.1, 0.15) is 28.9 Å². The predicted octanol–water partition coefficient (Wildman–Crippen LogP) is 1.82. The van der Waals surface area contributed by atoms with Gasteiger partial charge in [-0.1, -0.05) is 12.1 Å². The molecule has 1 atom stereocenters. The van der Waals surface area contributed by atoms with Crippen LogP contribution >= 0.6 is 0 Å². The molecule has 15 nitrogen and oxygen atoms in total. The Bertz CT molecular complexity index is 1550. The zero-order valence-corrected chi connectivity index (χ0v) is 23.8. The molecule has 224 valence electrons. The van der Waals surface area contributed by atoms with E-state index in [1.807, 2.05) is 23.1 Å². The van der Waals surface area contributed by atoms with Gasteiger partial charge in [0.15, 0.2) is 5.84 Å². The summed E-state index contributed by atoms with van der Waals surface area (Å²) in [6.07, 6.45) is 4.87. The van der Waals surface area contributed by atoms with Gasteiger partial charge in [-0.25, -0.2) is 15.6 Å². The van der Waals surface area contributed by atoms with Crippen molar-refractivity contribution in [2.45, 2.75) is 25.8 Å². The Labute approximate surface area is 248 Å². The number of aromatic nitrogens is 4. The number of piperazine rings is 1. The topological polar surface area (TPSA) is 209 Å². The summed E-state index contributed by atoms with van der Waals surface area (Å²) >= 11 is 0. The molecule has 0 bridgehead atoms. The van der Waals surface area contributed by atoms with E-state index >= 15 is 0 Å². The van der Waals surface area contributed by atoms with E-state index in [1.165, 1.54) is 11.8 Å². The number of carbonyl (C=O) groups is 1. The summed E-state index contributed by atoms with van der Waals surface area (Å²) < 4.78 is 0. The van der Waals surface area contributed by atoms with Crippen molar-refractivity contribution in [3.63, 3.8) is 0 Å². The molecule has 0 spiro atoms. The van der Waals surface area contributed by atoms with Crippen LogP contribution in [0.25, 0.3) is 10.9 Å². The molecule has 2 saturated heterocycles. The monoisotopic (exact) mass is 585 g/mol. The Morgan fingerprint density at radius 1 is 1.16 bits per heavy atom. The fourth-order valence-electron chi connectivity index (χ4n) is 5.57. The quantitative estimate of drug-likeness (QED) is 0.0673. The Hall–Kier alpha value is -4.81. The Morgan fingerprint density at radius 3 is 2.56 bits per heavy atom. The summed E-state index contributed by atoms with van der Waals surface area (Å²) in [5.41, 5.74) is 9.17. The van der Waals surface area contributed by atoms with Crippen LogP contribution in [-0.2, 0) is 11.3 Å². The van der Waals surface area contributed by atoms with Crippen LogP contribution in [-0.4, -0.2) is 87.9 Å². The van der Waals surface area contributed by atoms with E-state index in [0.717, 1.165) is 38.2 Å². The van der Waals surface area contributed by atoms with Crippen molar-refractivity contribution in [3.8, 4) is 6.07 Å². The van der Waals surface area contributed by atoms with Crippen molar-refractivity contribution in [2.75, 3.05) is 56.0 Å². The SMILES string of the molecule is N#CC(C=O)CN1CCN(c2nc(Nc3ccc(CN4CCC(CC(N=N)=NN)CC4)cc3)c3c(=O)[nH]ncc3n2)CC1. The van der Waals surface area contributed by atoms with Gasteiger partial charge in [-0.3, -0.25) is 14.6 Å². The molecule has 0 aliphatic carbocycles. The van der Waals surface area contributed by atoms with Crippen molar-refractivity contribution < 1.29 is 4.79 Å². The molecule has 2 aliphatic rings. The molecule has 5 N–H and O–H groups in total. The Kier molecular flexibility index (Phi) is 9.59. The first-order chi connectivity index (χ1) is 21.0. The molecule has 0 amide bonds. The largest absolute Gasteiger partial charge is 0.339 e. The average Bonchev–Trinajstić information content (AvgIpc) is 3.04. The third-order valence-electron chi connectivity index (χ3n) is 8.02. The molecular weight excluding hydrogens is 550 g/mol. The number of hydrogen-bond acceptors (Lipinski definition) is 13. The number of nitriles is 1. The van der Waals surface area contributed by atoms with E-state index in [1.54, 1.807) is 0 Å². The summed E-state index contributed by atoms with van der Waals surface area (Å²) in [6.45, 7) is 5.70. The fourth-order valence-corrected chi connectivity index (χ4v) is 5.57. The van der Waals surface area contributed by atoms with Crippen LogP contribution in [0.3, 0.4) is 0 Å². The summed E-state index contributed by atoms with van der Waals surface area (Å²) in [5, 5.41) is 26.1. The Morgan fingerprint density at radius 2 is 1.91 bits per heavy atom. The highest BCUT2D eigenvalue weighted by molar-refractivity contribution is 5.90. The van der Waals surface area contributed by atoms with Crippen LogP contribution in [0.5, 0.6) is 0 Å². The van der Waals surface area contributed by atoms with E-state index in [-0.39, 0.29) is 5.56 Å². The second-order valence-electron chi connectivity index (χ2n) is 10.9. The number of likely N-dealkylation sites (tertiary alicyclic amines) is 1. The van der Waals surface area contributed by atoms with Crippen molar-refractivity contribution in [1.82, 2.24) is 30.0 Å². The van der Waals surface area contributed by atoms with Gasteiger partial charge < -0.3 is 20.9 Å². The number of aldehydes is 1. The molecule has 1 aromatic carbocycles. The van der Waals surface area contributed by atoms with E-state index in [9.17, 15) is 9.59 Å². The highest BCUT2D eigenvalue weighted by Gasteiger charge is 2.24. The number of hydrogen-bond donors (Lipinski definition) is 4. The molecule has 2 aliphatic heterocycles. The van der Waals surface area contributed by atoms with Crippen molar-refractivity contribution in [1.29, 1.82) is 10.8 Å². The van der Waals surface area contributed by atoms with Gasteiger partial charge in [-0.2, -0.15) is 20.4 Å². The third kappa shape index (κ3) is 7.34. The van der Waals surface area contributed by atoms with Gasteiger partial charge in [0.05, 0.1) is 12.3 Å². The van der Waals surface area contributed by atoms with E-state index in [0.29, 0.717) is 79.9 Å². The van der Waals surface area contributed by atoms with Crippen LogP contribution in [0.15, 0.2) is 45.5 Å². The number of nitrogens with two attached hydrogens (primary N) is 1. The summed E-state index contributed by atoms with van der Waals surface area (Å²) in [6, 6.07) is 10.1. The zero-order valence-electron chi connectivity index (χ0n) is 23.8. The lowest BCUT2D eigenvalue weighted by atomic mass is 9.93. The molecule has 43 heavy (non-hydrogen) atoms. The Balaban J connectivity index is 1.24. The minimum Gasteiger partial charge on any atom is -0.339 e. The summed E-state index contributed by atoms with van der Waals surface area (Å²) in [7, 11) is 0. The van der Waals surface area contributed by atoms with E-state index in [4.69, 9.17) is 21.6 Å². The molecule has 5 rings (SSSR count). The molecule has 3 aromatic rings. The van der Waals surface area contributed by atoms with Crippen LogP contribution < -0.4 is 21.6 Å². The number of aromatic amines is 1. The molecule has 2 fully saturated rings. The molecule has 0 radical (unpaired) electrons. The number of rotatable bonds is 10. The summed E-state index contributed by atoms with van der Waals surface area (Å²) in [5.74, 6) is 6.37. The first kappa shape index (κ1) is 29.7. The molecule has 15 heteroatoms. The van der Waals surface area contributed by atoms with Gasteiger partial charge in [0.25, 0.3) is 5.56 Å². The van der Waals surface area contributed by atoms with Crippen LogP contribution in [0.1, 0.15) is 24.8 Å². The van der Waals surface area contributed by atoms with Crippen molar-refractivity contribution in [3.05, 3.63) is 46.4 Å². The number of hydrazone groups is 1. The number of piperidine rings is 1. The van der Waals surface area contributed by atoms with Crippen LogP contribution in [0.2, 0.25) is 0 Å². The number of H-pyrrole nitrogens is 1. The molecule has 4 heterocycles. The lowest BCUT2D eigenvalue weighted by Gasteiger charge is -2.35. The predicted molar refractivity (Wildman–Crippen MR) is 161 cm³/mol. The molecule has 1 unspecified atom stereocenters. The van der Waals surface area contributed by atoms with Gasteiger partial charge >= 0.3 is 0 Å². The number of carbonyl (C=O) groups excluding carboxylic acids is 1. The van der Waals surface area contributed by atoms with Gasteiger partial charge in [0.2, 0.25) is 5.95 Å². The van der Waals surface area contributed by atoms with Crippen molar-refractivity contribution >= 4 is 40.5 Å². The number of anilines is 3. The van der Waals surface area contributed by atoms with Crippen LogP contribution in [0.4, 0.5) is 17.5 Å². The van der Waals surface area contributed by atoms with Gasteiger partial charge in [-0.05, 0) is 49.5 Å². The van der Waals surface area contributed by atoms with Gasteiger partial charge in [0, 0.05) is 51.4 Å². The van der Waals surface area contributed by atoms with Crippen molar-refractivity contribution in [2.24, 2.45) is 27.9 Å². The number of nitrogens with one attached hydrogen (secondary N) is 3. The van der Waals surface area contributed by atoms with E-state index < -0.39 is 5.92 Å². The number of benzene rings is 1. The minimum absolute atomic E-state index is 0.327. The smallest absolute Gasteiger partial charge is 0.277 e. The molecular formula is C28H35N13O2. The average molecular weight is 586 g/mol. The molecule has 0 saturated carbocycles. The normalized spacial score (nSPS) is 17.8. The standard InChI is InChI=1S/C28H35N13O2/c29-14-21(18-42)17-40-9-11-41(12-10-40)28-34-23-15-32-38-27(43)25(23)26(35-28)33-22-3-1-20(2-4-22)16-39-7-5-19(6-8-39)13-24(36-30)37-31/h1-4,15,18-19,21,30H,5-13,16-17,31H2,(H,38,43)(H,33,34,35). The minimum atomic E-state index is -0.642. The van der Waals surface area contributed by atoms with Gasteiger partial charge in [-0.15, -0.1) is 5.11 Å². The highest BCUT2D eigenvalue weighted by Crippen LogP contribution is 2.26. The maximum Gasteiger partial charge on any atom is 0.277 e. The maximum atomic E-state index is 12.7. The number of amidine groups is 1. The first-order valence-corrected chi connectivity index (χ1v) is 14.3. The number of nitrogens with zero attached hydrogens (tertiary/aromatic N) is 9. The zero-order chi connectivity index (χ0) is 30.2.